The van der Waals surface area contributed by atoms with Gasteiger partial charge in [0.25, 0.3) is 5.91 Å². The van der Waals surface area contributed by atoms with Gasteiger partial charge in [-0.1, -0.05) is 12.1 Å². The van der Waals surface area contributed by atoms with Crippen molar-refractivity contribution >= 4 is 23.2 Å². The van der Waals surface area contributed by atoms with Crippen LogP contribution in [0.5, 0.6) is 0 Å². The fourth-order valence-corrected chi connectivity index (χ4v) is 2.36. The third-order valence-electron chi connectivity index (χ3n) is 2.59. The molecule has 0 saturated heterocycles. The zero-order valence-electron chi connectivity index (χ0n) is 10.9. The predicted octanol–water partition coefficient (Wildman–Crippen LogP) is 1.88. The SMILES string of the molecule is CCc1cnc(C(C)NC(=O)c2cc(C(=O)O)on2)s1. The Morgan fingerprint density at radius 2 is 2.30 bits per heavy atom. The lowest BCUT2D eigenvalue weighted by atomic mass is 10.3. The Morgan fingerprint density at radius 1 is 1.55 bits per heavy atom. The van der Waals surface area contributed by atoms with Crippen molar-refractivity contribution in [2.45, 2.75) is 26.3 Å². The molecule has 2 heterocycles. The molecule has 106 valence electrons. The first kappa shape index (κ1) is 14.2. The van der Waals surface area contributed by atoms with Gasteiger partial charge in [-0.05, 0) is 13.3 Å². The van der Waals surface area contributed by atoms with E-state index < -0.39 is 11.9 Å². The molecule has 0 saturated carbocycles. The zero-order valence-corrected chi connectivity index (χ0v) is 11.7. The monoisotopic (exact) mass is 295 g/mol. The minimum atomic E-state index is -1.27. The number of aromatic carboxylic acids is 1. The van der Waals surface area contributed by atoms with Crippen molar-refractivity contribution in [2.24, 2.45) is 0 Å². The van der Waals surface area contributed by atoms with Crippen LogP contribution < -0.4 is 5.32 Å². The molecular formula is C12H13N3O4S. The number of hydrogen-bond acceptors (Lipinski definition) is 6. The number of aromatic nitrogens is 2. The van der Waals surface area contributed by atoms with Crippen molar-refractivity contribution in [3.8, 4) is 0 Å². The van der Waals surface area contributed by atoms with Gasteiger partial charge in [0.2, 0.25) is 5.76 Å². The molecule has 0 spiro atoms. The number of aryl methyl sites for hydroxylation is 1. The summed E-state index contributed by atoms with van der Waals surface area (Å²) in [6, 6.07) is 0.807. The van der Waals surface area contributed by atoms with E-state index in [1.807, 2.05) is 6.92 Å². The fraction of sp³-hybridized carbons (Fsp3) is 0.333. The second kappa shape index (κ2) is 5.83. The van der Waals surface area contributed by atoms with Crippen molar-refractivity contribution in [1.29, 1.82) is 0 Å². The number of hydrogen-bond donors (Lipinski definition) is 2. The van der Waals surface area contributed by atoms with Gasteiger partial charge in [-0.15, -0.1) is 11.3 Å². The van der Waals surface area contributed by atoms with Crippen LogP contribution in [0.25, 0.3) is 0 Å². The second-order valence-corrected chi connectivity index (χ2v) is 5.24. The molecule has 2 rings (SSSR count). The maximum absolute atomic E-state index is 11.9. The maximum atomic E-state index is 11.9. The summed E-state index contributed by atoms with van der Waals surface area (Å²) in [6.07, 6.45) is 2.67. The molecule has 1 unspecified atom stereocenters. The van der Waals surface area contributed by atoms with E-state index in [2.05, 4.69) is 20.0 Å². The molecule has 1 atom stereocenters. The van der Waals surface area contributed by atoms with Gasteiger partial charge in [0.15, 0.2) is 5.69 Å². The van der Waals surface area contributed by atoms with Gasteiger partial charge in [-0.2, -0.15) is 0 Å². The highest BCUT2D eigenvalue weighted by atomic mass is 32.1. The molecule has 0 aliphatic carbocycles. The summed E-state index contributed by atoms with van der Waals surface area (Å²) < 4.78 is 4.53. The van der Waals surface area contributed by atoms with Crippen LogP contribution in [-0.4, -0.2) is 27.1 Å². The fourth-order valence-electron chi connectivity index (χ4n) is 1.50. The van der Waals surface area contributed by atoms with Gasteiger partial charge in [-0.25, -0.2) is 9.78 Å². The first-order valence-corrected chi connectivity index (χ1v) is 6.78. The molecule has 2 N–H and O–H groups in total. The standard InChI is InChI=1S/C12H13N3O4S/c1-3-7-5-13-11(20-7)6(2)14-10(16)8-4-9(12(17)18)19-15-8/h4-6H,3H2,1-2H3,(H,14,16)(H,17,18). The lowest BCUT2D eigenvalue weighted by molar-refractivity contribution is 0.0651. The van der Waals surface area contributed by atoms with Gasteiger partial charge in [-0.3, -0.25) is 4.79 Å². The minimum Gasteiger partial charge on any atom is -0.475 e. The minimum absolute atomic E-state index is 0.0680. The van der Waals surface area contributed by atoms with Crippen LogP contribution in [0.2, 0.25) is 0 Å². The van der Waals surface area contributed by atoms with E-state index in [0.717, 1.165) is 22.4 Å². The largest absolute Gasteiger partial charge is 0.475 e. The van der Waals surface area contributed by atoms with E-state index in [1.54, 1.807) is 13.1 Å². The lowest BCUT2D eigenvalue weighted by Crippen LogP contribution is -2.26. The van der Waals surface area contributed by atoms with E-state index in [0.29, 0.717) is 0 Å². The van der Waals surface area contributed by atoms with Crippen molar-refractivity contribution in [2.75, 3.05) is 0 Å². The van der Waals surface area contributed by atoms with E-state index >= 15 is 0 Å². The Kier molecular flexibility index (Phi) is 4.14. The van der Waals surface area contributed by atoms with Crippen LogP contribution in [0.4, 0.5) is 0 Å². The Balaban J connectivity index is 2.04. The predicted molar refractivity (Wildman–Crippen MR) is 70.8 cm³/mol. The van der Waals surface area contributed by atoms with Crippen LogP contribution in [-0.2, 0) is 6.42 Å². The average molecular weight is 295 g/mol. The molecule has 0 radical (unpaired) electrons. The van der Waals surface area contributed by atoms with Crippen molar-refractivity contribution in [1.82, 2.24) is 15.5 Å². The maximum Gasteiger partial charge on any atom is 0.374 e. The number of nitrogens with zero attached hydrogens (tertiary/aromatic N) is 2. The number of rotatable bonds is 5. The van der Waals surface area contributed by atoms with Crippen LogP contribution >= 0.6 is 11.3 Å². The Labute approximate surface area is 118 Å². The smallest absolute Gasteiger partial charge is 0.374 e. The van der Waals surface area contributed by atoms with Crippen molar-refractivity contribution in [3.05, 3.63) is 33.6 Å². The molecule has 7 nitrogen and oxygen atoms in total. The summed E-state index contributed by atoms with van der Waals surface area (Å²) in [5.41, 5.74) is -0.0680. The molecule has 8 heteroatoms. The average Bonchev–Trinajstić information content (AvgIpc) is 3.07. The summed E-state index contributed by atoms with van der Waals surface area (Å²) in [5.74, 6) is -2.13. The third kappa shape index (κ3) is 3.02. The van der Waals surface area contributed by atoms with E-state index in [4.69, 9.17) is 5.11 Å². The first-order valence-electron chi connectivity index (χ1n) is 5.96. The normalized spacial score (nSPS) is 12.1. The molecule has 0 bridgehead atoms. The molecule has 0 aliphatic rings. The first-order chi connectivity index (χ1) is 9.51. The summed E-state index contributed by atoms with van der Waals surface area (Å²) in [4.78, 5) is 27.9. The molecule has 1 amide bonds. The number of carboxylic acids is 1. The van der Waals surface area contributed by atoms with E-state index in [-0.39, 0.29) is 17.5 Å². The number of carboxylic acid groups (broad SMARTS) is 1. The topological polar surface area (TPSA) is 105 Å². The van der Waals surface area contributed by atoms with E-state index in [9.17, 15) is 9.59 Å². The lowest BCUT2D eigenvalue weighted by Gasteiger charge is -2.09. The Bertz CT molecular complexity index is 634. The van der Waals surface area contributed by atoms with Gasteiger partial charge in [0, 0.05) is 17.1 Å². The highest BCUT2D eigenvalue weighted by Crippen LogP contribution is 2.20. The summed E-state index contributed by atoms with van der Waals surface area (Å²) in [5, 5.41) is 15.6. The van der Waals surface area contributed by atoms with Crippen LogP contribution in [0.1, 0.15) is 50.8 Å². The van der Waals surface area contributed by atoms with Gasteiger partial charge < -0.3 is 14.9 Å². The van der Waals surface area contributed by atoms with Crippen LogP contribution in [0, 0.1) is 0 Å². The molecule has 20 heavy (non-hydrogen) atoms. The Hall–Kier alpha value is -2.22. The Morgan fingerprint density at radius 3 is 2.85 bits per heavy atom. The summed E-state index contributed by atoms with van der Waals surface area (Å²) >= 11 is 1.52. The van der Waals surface area contributed by atoms with Gasteiger partial charge >= 0.3 is 5.97 Å². The number of carbonyl (C=O) groups excluding carboxylic acids is 1. The zero-order chi connectivity index (χ0) is 14.7. The van der Waals surface area contributed by atoms with E-state index in [1.165, 1.54) is 11.3 Å². The van der Waals surface area contributed by atoms with Gasteiger partial charge in [0.1, 0.15) is 5.01 Å². The quantitative estimate of drug-likeness (QED) is 0.872. The number of thiazole rings is 1. The van der Waals surface area contributed by atoms with Crippen LogP contribution in [0.15, 0.2) is 16.8 Å². The number of nitrogens with one attached hydrogen (secondary N) is 1. The molecular weight excluding hydrogens is 282 g/mol. The highest BCUT2D eigenvalue weighted by molar-refractivity contribution is 7.11. The summed E-state index contributed by atoms with van der Waals surface area (Å²) in [7, 11) is 0. The number of amides is 1. The third-order valence-corrected chi connectivity index (χ3v) is 3.92. The van der Waals surface area contributed by atoms with Gasteiger partial charge in [0.05, 0.1) is 6.04 Å². The molecule has 0 aromatic carbocycles. The van der Waals surface area contributed by atoms with Crippen molar-refractivity contribution in [3.63, 3.8) is 0 Å². The second-order valence-electron chi connectivity index (χ2n) is 4.10. The van der Waals surface area contributed by atoms with Crippen LogP contribution in [0.3, 0.4) is 0 Å². The van der Waals surface area contributed by atoms with Crippen molar-refractivity contribution < 1.29 is 19.2 Å². The number of carbonyl (C=O) groups is 2. The molecule has 0 fully saturated rings. The molecule has 0 aliphatic heterocycles. The molecule has 2 aromatic rings. The molecule has 2 aromatic heterocycles. The highest BCUT2D eigenvalue weighted by Gasteiger charge is 2.19. The summed E-state index contributed by atoms with van der Waals surface area (Å²) in [6.45, 7) is 3.83.